The number of fused-ring (bicyclic) bond motifs is 1. The quantitative estimate of drug-likeness (QED) is 0.896. The van der Waals surface area contributed by atoms with Crippen molar-refractivity contribution in [2.45, 2.75) is 37.6 Å². The molecule has 0 spiro atoms. The van der Waals surface area contributed by atoms with E-state index in [-0.39, 0.29) is 11.4 Å². The summed E-state index contributed by atoms with van der Waals surface area (Å²) < 4.78 is 0. The highest BCUT2D eigenvalue weighted by Gasteiger charge is 2.31. The van der Waals surface area contributed by atoms with Gasteiger partial charge in [-0.3, -0.25) is 14.8 Å². The second-order valence-electron chi connectivity index (χ2n) is 5.55. The van der Waals surface area contributed by atoms with Crippen molar-refractivity contribution < 1.29 is 4.79 Å². The molecular weight excluding hydrogens is 252 g/mol. The molecule has 1 heterocycles. The number of nitrogens with zero attached hydrogens (tertiary/aromatic N) is 2. The molecule has 0 radical (unpaired) electrons. The number of anilines is 1. The predicted molar refractivity (Wildman–Crippen MR) is 78.2 cm³/mol. The van der Waals surface area contributed by atoms with Gasteiger partial charge in [-0.25, -0.2) is 0 Å². The third kappa shape index (κ3) is 2.77. The van der Waals surface area contributed by atoms with E-state index < -0.39 is 0 Å². The maximum atomic E-state index is 12.1. The highest BCUT2D eigenvalue weighted by Crippen LogP contribution is 2.30. The second-order valence-corrected chi connectivity index (χ2v) is 5.55. The predicted octanol–water partition coefficient (Wildman–Crippen LogP) is 2.23. The van der Waals surface area contributed by atoms with Crippen LogP contribution in [0.5, 0.6) is 0 Å². The number of rotatable bonds is 3. The molecule has 1 fully saturated rings. The van der Waals surface area contributed by atoms with Gasteiger partial charge < -0.3 is 11.1 Å². The molecule has 0 bridgehead atoms. The minimum absolute atomic E-state index is 0.0300. The lowest BCUT2D eigenvalue weighted by Gasteiger charge is -2.22. The number of aromatic nitrogens is 2. The van der Waals surface area contributed by atoms with Crippen LogP contribution in [-0.2, 0) is 4.79 Å². The van der Waals surface area contributed by atoms with Gasteiger partial charge in [0.1, 0.15) is 0 Å². The molecule has 0 saturated heterocycles. The van der Waals surface area contributed by atoms with Gasteiger partial charge in [0.2, 0.25) is 5.91 Å². The molecule has 0 atom stereocenters. The zero-order valence-electron chi connectivity index (χ0n) is 11.3. The SMILES string of the molecule is NC1(CC(=O)Nc2ccc3nccnc3c2)CCCC1. The summed E-state index contributed by atoms with van der Waals surface area (Å²) in [4.78, 5) is 20.5. The van der Waals surface area contributed by atoms with Crippen molar-refractivity contribution in [1.82, 2.24) is 9.97 Å². The van der Waals surface area contributed by atoms with Crippen LogP contribution in [0, 0.1) is 0 Å². The fourth-order valence-corrected chi connectivity index (χ4v) is 2.82. The average Bonchev–Trinajstić information content (AvgIpc) is 2.84. The Morgan fingerprint density at radius 3 is 2.65 bits per heavy atom. The molecule has 0 unspecified atom stereocenters. The molecule has 3 N–H and O–H groups in total. The summed E-state index contributed by atoms with van der Waals surface area (Å²) in [5, 5.41) is 2.90. The van der Waals surface area contributed by atoms with Crippen LogP contribution in [0.1, 0.15) is 32.1 Å². The fourth-order valence-electron chi connectivity index (χ4n) is 2.82. The topological polar surface area (TPSA) is 80.9 Å². The molecule has 1 aromatic heterocycles. The Hall–Kier alpha value is -2.01. The first kappa shape index (κ1) is 13.0. The van der Waals surface area contributed by atoms with Crippen LogP contribution in [-0.4, -0.2) is 21.4 Å². The lowest BCUT2D eigenvalue weighted by molar-refractivity contribution is -0.117. The van der Waals surface area contributed by atoms with Gasteiger partial charge in [0, 0.05) is 30.0 Å². The molecule has 0 aliphatic heterocycles. The Balaban J connectivity index is 1.70. The first-order valence-corrected chi connectivity index (χ1v) is 6.94. The lowest BCUT2D eigenvalue weighted by atomic mass is 9.94. The minimum atomic E-state index is -0.319. The number of amides is 1. The summed E-state index contributed by atoms with van der Waals surface area (Å²) in [6, 6.07) is 5.52. The highest BCUT2D eigenvalue weighted by atomic mass is 16.1. The van der Waals surface area contributed by atoms with Gasteiger partial charge in [-0.1, -0.05) is 12.8 Å². The maximum absolute atomic E-state index is 12.1. The van der Waals surface area contributed by atoms with Crippen molar-refractivity contribution >= 4 is 22.6 Å². The molecule has 1 aromatic carbocycles. The Morgan fingerprint density at radius 2 is 1.90 bits per heavy atom. The first-order valence-electron chi connectivity index (χ1n) is 6.94. The molecule has 1 aliphatic rings. The smallest absolute Gasteiger partial charge is 0.226 e. The zero-order chi connectivity index (χ0) is 14.0. The summed E-state index contributed by atoms with van der Waals surface area (Å²) >= 11 is 0. The summed E-state index contributed by atoms with van der Waals surface area (Å²) in [7, 11) is 0. The van der Waals surface area contributed by atoms with E-state index >= 15 is 0 Å². The average molecular weight is 270 g/mol. The van der Waals surface area contributed by atoms with Gasteiger partial charge in [0.15, 0.2) is 0 Å². The fraction of sp³-hybridized carbons (Fsp3) is 0.400. The number of carbonyl (C=O) groups excluding carboxylic acids is 1. The van der Waals surface area contributed by atoms with Crippen LogP contribution in [0.4, 0.5) is 5.69 Å². The molecule has 1 amide bonds. The van der Waals surface area contributed by atoms with Gasteiger partial charge in [0.05, 0.1) is 11.0 Å². The zero-order valence-corrected chi connectivity index (χ0v) is 11.3. The van der Waals surface area contributed by atoms with Crippen molar-refractivity contribution in [3.8, 4) is 0 Å². The van der Waals surface area contributed by atoms with Crippen LogP contribution in [0.15, 0.2) is 30.6 Å². The van der Waals surface area contributed by atoms with E-state index in [2.05, 4.69) is 15.3 Å². The number of nitrogens with two attached hydrogens (primary N) is 1. The van der Waals surface area contributed by atoms with E-state index in [9.17, 15) is 4.79 Å². The Bertz CT molecular complexity index is 635. The van der Waals surface area contributed by atoms with E-state index in [1.165, 1.54) is 0 Å². The van der Waals surface area contributed by atoms with Gasteiger partial charge in [0.25, 0.3) is 0 Å². The van der Waals surface area contributed by atoms with E-state index in [0.717, 1.165) is 42.4 Å². The summed E-state index contributed by atoms with van der Waals surface area (Å²) in [6.45, 7) is 0. The lowest BCUT2D eigenvalue weighted by Crippen LogP contribution is -2.40. The number of nitrogens with one attached hydrogen (secondary N) is 1. The number of carbonyl (C=O) groups is 1. The van der Waals surface area contributed by atoms with E-state index in [1.54, 1.807) is 12.4 Å². The van der Waals surface area contributed by atoms with Crippen LogP contribution in [0.3, 0.4) is 0 Å². The van der Waals surface area contributed by atoms with Crippen molar-refractivity contribution in [3.05, 3.63) is 30.6 Å². The number of hydrogen-bond donors (Lipinski definition) is 2. The van der Waals surface area contributed by atoms with Crippen molar-refractivity contribution in [2.75, 3.05) is 5.32 Å². The monoisotopic (exact) mass is 270 g/mol. The normalized spacial score (nSPS) is 17.2. The summed E-state index contributed by atoms with van der Waals surface area (Å²) in [5.41, 5.74) is 8.23. The molecule has 1 saturated carbocycles. The Kier molecular flexibility index (Phi) is 3.36. The van der Waals surface area contributed by atoms with Crippen LogP contribution < -0.4 is 11.1 Å². The van der Waals surface area contributed by atoms with Gasteiger partial charge >= 0.3 is 0 Å². The van der Waals surface area contributed by atoms with Crippen molar-refractivity contribution in [3.63, 3.8) is 0 Å². The molecular formula is C15H18N4O. The van der Waals surface area contributed by atoms with Gasteiger partial charge in [-0.05, 0) is 31.0 Å². The number of benzene rings is 1. The maximum Gasteiger partial charge on any atom is 0.226 e. The van der Waals surface area contributed by atoms with Crippen LogP contribution >= 0.6 is 0 Å². The molecule has 20 heavy (non-hydrogen) atoms. The Morgan fingerprint density at radius 1 is 1.20 bits per heavy atom. The third-order valence-corrected chi connectivity index (χ3v) is 3.87. The number of hydrogen-bond acceptors (Lipinski definition) is 4. The molecule has 2 aromatic rings. The molecule has 3 rings (SSSR count). The molecule has 5 nitrogen and oxygen atoms in total. The summed E-state index contributed by atoms with van der Waals surface area (Å²) in [6.07, 6.45) is 7.78. The van der Waals surface area contributed by atoms with Gasteiger partial charge in [-0.15, -0.1) is 0 Å². The minimum Gasteiger partial charge on any atom is -0.326 e. The van der Waals surface area contributed by atoms with Crippen LogP contribution in [0.25, 0.3) is 11.0 Å². The highest BCUT2D eigenvalue weighted by molar-refractivity contribution is 5.93. The standard InChI is InChI=1S/C15H18N4O/c16-15(5-1-2-6-15)10-14(20)19-11-3-4-12-13(9-11)18-8-7-17-12/h3-4,7-9H,1-2,5-6,10,16H2,(H,19,20). The van der Waals surface area contributed by atoms with E-state index in [0.29, 0.717) is 6.42 Å². The van der Waals surface area contributed by atoms with Gasteiger partial charge in [-0.2, -0.15) is 0 Å². The van der Waals surface area contributed by atoms with Crippen molar-refractivity contribution in [1.29, 1.82) is 0 Å². The molecule has 1 aliphatic carbocycles. The summed E-state index contributed by atoms with van der Waals surface area (Å²) in [5.74, 6) is -0.0300. The third-order valence-electron chi connectivity index (χ3n) is 3.87. The first-order chi connectivity index (χ1) is 9.65. The van der Waals surface area contributed by atoms with Crippen LogP contribution in [0.2, 0.25) is 0 Å². The van der Waals surface area contributed by atoms with E-state index in [4.69, 9.17) is 5.73 Å². The second kappa shape index (κ2) is 5.17. The van der Waals surface area contributed by atoms with Crippen molar-refractivity contribution in [2.24, 2.45) is 5.73 Å². The molecule has 5 heteroatoms. The van der Waals surface area contributed by atoms with E-state index in [1.807, 2.05) is 18.2 Å². The molecule has 104 valence electrons. The largest absolute Gasteiger partial charge is 0.326 e. The Labute approximate surface area is 117 Å².